The number of hydrogen-bond donors (Lipinski definition) is 0. The van der Waals surface area contributed by atoms with Gasteiger partial charge in [-0.25, -0.2) is 21.6 Å². The molecule has 2 aromatic rings. The number of rotatable bonds is 9. The number of nitro groups is 1. The standard InChI is InChI=1S/C19H21NO8S2/c1-3-28-18(21)19(2,20(22)23)14-17(29(24,25)15-10-6-4-7-11-15)30(26,27)16-12-8-5-9-13-16/h4-13,17H,3,14H2,1-2H3/t19-/m0/s1. The minimum Gasteiger partial charge on any atom is -0.461 e. The maximum absolute atomic E-state index is 13.3. The highest BCUT2D eigenvalue weighted by atomic mass is 32.3. The lowest BCUT2D eigenvalue weighted by Gasteiger charge is -2.25. The van der Waals surface area contributed by atoms with E-state index in [-0.39, 0.29) is 16.4 Å². The van der Waals surface area contributed by atoms with Gasteiger partial charge in [0.15, 0.2) is 24.3 Å². The monoisotopic (exact) mass is 455 g/mol. The molecular weight excluding hydrogens is 434 g/mol. The molecule has 2 aromatic carbocycles. The Balaban J connectivity index is 2.71. The summed E-state index contributed by atoms with van der Waals surface area (Å²) in [5.41, 5.74) is -2.59. The van der Waals surface area contributed by atoms with E-state index in [2.05, 4.69) is 0 Å². The average Bonchev–Trinajstić information content (AvgIpc) is 2.72. The Morgan fingerprint density at radius 2 is 1.37 bits per heavy atom. The van der Waals surface area contributed by atoms with E-state index in [1.807, 2.05) is 0 Å². The van der Waals surface area contributed by atoms with Crippen LogP contribution in [-0.4, -0.2) is 44.5 Å². The molecule has 0 aliphatic carbocycles. The van der Waals surface area contributed by atoms with Crippen LogP contribution in [0.2, 0.25) is 0 Å². The van der Waals surface area contributed by atoms with E-state index in [0.29, 0.717) is 0 Å². The molecule has 11 heteroatoms. The Morgan fingerprint density at radius 3 is 1.70 bits per heavy atom. The summed E-state index contributed by atoms with van der Waals surface area (Å²) >= 11 is 0. The van der Waals surface area contributed by atoms with Crippen molar-refractivity contribution in [1.29, 1.82) is 0 Å². The fraction of sp³-hybridized carbons (Fsp3) is 0.316. The summed E-state index contributed by atoms with van der Waals surface area (Å²) in [6.45, 7) is 2.10. The van der Waals surface area contributed by atoms with Crippen molar-refractivity contribution >= 4 is 25.6 Å². The number of nitrogens with zero attached hydrogens (tertiary/aromatic N) is 1. The van der Waals surface area contributed by atoms with Crippen LogP contribution in [0.1, 0.15) is 20.3 Å². The van der Waals surface area contributed by atoms with Gasteiger partial charge in [-0.05, 0) is 31.2 Å². The Morgan fingerprint density at radius 1 is 0.967 bits per heavy atom. The first-order valence-corrected chi connectivity index (χ1v) is 12.0. The smallest absolute Gasteiger partial charge is 0.384 e. The zero-order chi connectivity index (χ0) is 22.6. The van der Waals surface area contributed by atoms with E-state index in [1.54, 1.807) is 12.1 Å². The first-order valence-electron chi connectivity index (χ1n) is 8.87. The minimum atomic E-state index is -4.62. The van der Waals surface area contributed by atoms with Gasteiger partial charge in [-0.3, -0.25) is 10.1 Å². The van der Waals surface area contributed by atoms with Gasteiger partial charge in [0.1, 0.15) is 0 Å². The van der Waals surface area contributed by atoms with E-state index in [1.165, 1.54) is 55.5 Å². The summed E-state index contributed by atoms with van der Waals surface area (Å²) < 4.78 is 55.6. The molecule has 0 aliphatic rings. The van der Waals surface area contributed by atoms with E-state index in [9.17, 15) is 31.7 Å². The van der Waals surface area contributed by atoms with Crippen LogP contribution in [0.4, 0.5) is 0 Å². The highest BCUT2D eigenvalue weighted by Crippen LogP contribution is 2.33. The Hall–Kier alpha value is -2.79. The van der Waals surface area contributed by atoms with Gasteiger partial charge in [0.25, 0.3) is 0 Å². The molecule has 1 atom stereocenters. The van der Waals surface area contributed by atoms with Crippen LogP contribution in [0, 0.1) is 10.1 Å². The van der Waals surface area contributed by atoms with Crippen LogP contribution >= 0.6 is 0 Å². The number of esters is 1. The molecule has 0 aromatic heterocycles. The van der Waals surface area contributed by atoms with E-state index >= 15 is 0 Å². The molecule has 0 saturated carbocycles. The molecule has 0 aliphatic heterocycles. The van der Waals surface area contributed by atoms with Crippen LogP contribution in [-0.2, 0) is 29.2 Å². The van der Waals surface area contributed by atoms with Crippen molar-refractivity contribution in [2.24, 2.45) is 0 Å². The number of sulfone groups is 2. The summed E-state index contributed by atoms with van der Waals surface area (Å²) in [5, 5.41) is 11.7. The van der Waals surface area contributed by atoms with Crippen LogP contribution in [0.5, 0.6) is 0 Å². The SMILES string of the molecule is CCOC(=O)[C@](C)(CC(S(=O)(=O)c1ccccc1)S(=O)(=O)c1ccccc1)[N+](=O)[O-]. The molecule has 0 unspecified atom stereocenters. The number of benzene rings is 2. The largest absolute Gasteiger partial charge is 0.461 e. The fourth-order valence-electron chi connectivity index (χ4n) is 2.75. The molecule has 2 rings (SSSR count). The molecule has 162 valence electrons. The van der Waals surface area contributed by atoms with Gasteiger partial charge in [0, 0.05) is 11.8 Å². The maximum atomic E-state index is 13.3. The van der Waals surface area contributed by atoms with Crippen molar-refractivity contribution in [2.75, 3.05) is 6.61 Å². The first-order chi connectivity index (χ1) is 14.0. The predicted molar refractivity (Wildman–Crippen MR) is 108 cm³/mol. The number of carbonyl (C=O) groups is 1. The van der Waals surface area contributed by atoms with Gasteiger partial charge in [-0.1, -0.05) is 36.4 Å². The van der Waals surface area contributed by atoms with Crippen molar-refractivity contribution in [3.63, 3.8) is 0 Å². The molecule has 0 amide bonds. The number of ether oxygens (including phenoxy) is 1. The number of carbonyl (C=O) groups excluding carboxylic acids is 1. The molecule has 30 heavy (non-hydrogen) atoms. The van der Waals surface area contributed by atoms with Crippen molar-refractivity contribution in [3.05, 3.63) is 70.8 Å². The Bertz CT molecular complexity index is 1050. The van der Waals surface area contributed by atoms with Gasteiger partial charge in [0.05, 0.1) is 22.8 Å². The average molecular weight is 456 g/mol. The van der Waals surface area contributed by atoms with Crippen molar-refractivity contribution in [3.8, 4) is 0 Å². The van der Waals surface area contributed by atoms with Gasteiger partial charge in [-0.15, -0.1) is 0 Å². The van der Waals surface area contributed by atoms with Crippen LogP contribution < -0.4 is 0 Å². The quantitative estimate of drug-likeness (QED) is 0.319. The molecule has 0 spiro atoms. The third-order valence-electron chi connectivity index (χ3n) is 4.52. The summed E-state index contributed by atoms with van der Waals surface area (Å²) in [7, 11) is -9.24. The number of hydrogen-bond acceptors (Lipinski definition) is 8. The second-order valence-corrected chi connectivity index (χ2v) is 11.2. The molecule has 0 radical (unpaired) electrons. The zero-order valence-electron chi connectivity index (χ0n) is 16.3. The maximum Gasteiger partial charge on any atom is 0.384 e. The predicted octanol–water partition coefficient (Wildman–Crippen LogP) is 2.25. The third kappa shape index (κ3) is 4.51. The molecule has 0 fully saturated rings. The molecule has 0 heterocycles. The summed E-state index contributed by atoms with van der Waals surface area (Å²) in [6, 6.07) is 13.4. The second kappa shape index (κ2) is 8.92. The zero-order valence-corrected chi connectivity index (χ0v) is 17.9. The van der Waals surface area contributed by atoms with E-state index in [0.717, 1.165) is 6.92 Å². The van der Waals surface area contributed by atoms with Crippen LogP contribution in [0.15, 0.2) is 70.5 Å². The molecule has 0 N–H and O–H groups in total. The van der Waals surface area contributed by atoms with Crippen molar-refractivity contribution in [1.82, 2.24) is 0 Å². The fourth-order valence-corrected chi connectivity index (χ4v) is 7.52. The summed E-state index contributed by atoms with van der Waals surface area (Å²) in [5.74, 6) is -1.31. The van der Waals surface area contributed by atoms with Gasteiger partial charge in [0.2, 0.25) is 0 Å². The molecule has 9 nitrogen and oxygen atoms in total. The minimum absolute atomic E-state index is 0.191. The second-order valence-electron chi connectivity index (χ2n) is 6.60. The third-order valence-corrected chi connectivity index (χ3v) is 9.61. The Labute approximate surface area is 174 Å². The van der Waals surface area contributed by atoms with Crippen molar-refractivity contribution in [2.45, 2.75) is 40.2 Å². The van der Waals surface area contributed by atoms with Crippen molar-refractivity contribution < 1.29 is 31.3 Å². The van der Waals surface area contributed by atoms with Crippen LogP contribution in [0.25, 0.3) is 0 Å². The van der Waals surface area contributed by atoms with Crippen LogP contribution in [0.3, 0.4) is 0 Å². The lowest BCUT2D eigenvalue weighted by Crippen LogP contribution is -2.50. The topological polar surface area (TPSA) is 138 Å². The molecule has 0 saturated heterocycles. The summed E-state index contributed by atoms with van der Waals surface area (Å²) in [4.78, 5) is 22.4. The van der Waals surface area contributed by atoms with E-state index < -0.39 is 47.1 Å². The normalized spacial score (nSPS) is 14.1. The van der Waals surface area contributed by atoms with E-state index in [4.69, 9.17) is 4.74 Å². The molecule has 0 bridgehead atoms. The molecular formula is C19H21NO8S2. The lowest BCUT2D eigenvalue weighted by atomic mass is 10.0. The highest BCUT2D eigenvalue weighted by Gasteiger charge is 2.55. The van der Waals surface area contributed by atoms with Gasteiger partial charge < -0.3 is 4.74 Å². The van der Waals surface area contributed by atoms with Gasteiger partial charge in [-0.2, -0.15) is 0 Å². The summed E-state index contributed by atoms with van der Waals surface area (Å²) in [6.07, 6.45) is -1.12. The Kier molecular flexibility index (Phi) is 6.99. The highest BCUT2D eigenvalue weighted by molar-refractivity contribution is 8.09. The van der Waals surface area contributed by atoms with Gasteiger partial charge >= 0.3 is 11.5 Å². The lowest BCUT2D eigenvalue weighted by molar-refractivity contribution is -0.551. The first kappa shape index (κ1) is 23.5.